The zero-order chi connectivity index (χ0) is 26.8. The summed E-state index contributed by atoms with van der Waals surface area (Å²) < 4.78 is 19.2. The number of nitrogens with one attached hydrogen (secondary N) is 2. The Morgan fingerprint density at radius 1 is 1.10 bits per heavy atom. The predicted molar refractivity (Wildman–Crippen MR) is 147 cm³/mol. The molecule has 2 aromatic carbocycles. The maximum atomic E-state index is 13.6. The first-order valence-corrected chi connectivity index (χ1v) is 13.4. The van der Waals surface area contributed by atoms with E-state index in [0.29, 0.717) is 40.8 Å². The first-order chi connectivity index (χ1) is 19.0. The Balaban J connectivity index is 1.10. The number of carbonyl (C=O) groups is 1. The molecule has 6 rings (SSSR count). The molecule has 1 saturated heterocycles. The van der Waals surface area contributed by atoms with E-state index in [1.807, 2.05) is 12.1 Å². The monoisotopic (exact) mass is 547 g/mol. The Kier molecular flexibility index (Phi) is 7.21. The van der Waals surface area contributed by atoms with Crippen LogP contribution in [0.15, 0.2) is 48.9 Å². The first-order valence-electron chi connectivity index (χ1n) is 13.0. The van der Waals surface area contributed by atoms with Crippen molar-refractivity contribution in [3.63, 3.8) is 0 Å². The van der Waals surface area contributed by atoms with Crippen molar-refractivity contribution < 1.29 is 13.9 Å². The smallest absolute Gasteiger partial charge is 0.325 e. The summed E-state index contributed by atoms with van der Waals surface area (Å²) in [5.74, 6) is 0.745. The van der Waals surface area contributed by atoms with E-state index in [2.05, 4.69) is 41.5 Å². The van der Waals surface area contributed by atoms with Crippen LogP contribution in [-0.4, -0.2) is 56.5 Å². The molecule has 1 atom stereocenters. The van der Waals surface area contributed by atoms with Gasteiger partial charge in [-0.15, -0.1) is 0 Å². The van der Waals surface area contributed by atoms with Crippen LogP contribution in [0.4, 0.5) is 21.8 Å². The number of aryl methyl sites for hydroxylation is 2. The average Bonchev–Trinajstić information content (AvgIpc) is 3.39. The lowest BCUT2D eigenvalue weighted by Crippen LogP contribution is -2.45. The zero-order valence-corrected chi connectivity index (χ0v) is 21.9. The lowest BCUT2D eigenvalue weighted by molar-refractivity contribution is -0.135. The molecule has 39 heavy (non-hydrogen) atoms. The van der Waals surface area contributed by atoms with E-state index in [1.54, 1.807) is 12.3 Å². The van der Waals surface area contributed by atoms with Crippen LogP contribution in [0.25, 0.3) is 11.0 Å². The van der Waals surface area contributed by atoms with E-state index < -0.39 is 5.82 Å². The minimum Gasteiger partial charge on any atom is -0.426 e. The summed E-state index contributed by atoms with van der Waals surface area (Å²) in [6.45, 7) is 1.69. The largest absolute Gasteiger partial charge is 0.426 e. The molecule has 0 amide bonds. The fraction of sp³-hybridized carbons (Fsp3) is 0.321. The van der Waals surface area contributed by atoms with Crippen molar-refractivity contribution in [1.82, 2.24) is 24.8 Å². The predicted octanol–water partition coefficient (Wildman–Crippen LogP) is 4.93. The summed E-state index contributed by atoms with van der Waals surface area (Å²) in [4.78, 5) is 32.4. The Hall–Kier alpha value is -3.89. The van der Waals surface area contributed by atoms with Crippen molar-refractivity contribution in [3.8, 4) is 5.75 Å². The Morgan fingerprint density at radius 2 is 2.00 bits per heavy atom. The quantitative estimate of drug-likeness (QED) is 0.246. The third-order valence-corrected chi connectivity index (χ3v) is 7.34. The zero-order valence-electron chi connectivity index (χ0n) is 21.2. The van der Waals surface area contributed by atoms with E-state index in [0.717, 1.165) is 38.6 Å². The Labute approximate surface area is 229 Å². The van der Waals surface area contributed by atoms with Crippen molar-refractivity contribution in [3.05, 3.63) is 70.9 Å². The molecular weight excluding hydrogens is 521 g/mol. The van der Waals surface area contributed by atoms with Crippen LogP contribution in [0, 0.1) is 5.82 Å². The number of hydrogen-bond donors (Lipinski definition) is 2. The molecule has 2 aromatic heterocycles. The summed E-state index contributed by atoms with van der Waals surface area (Å²) in [6.07, 6.45) is 8.18. The molecule has 1 aliphatic heterocycles. The fourth-order valence-electron chi connectivity index (χ4n) is 5.18. The number of halogens is 2. The van der Waals surface area contributed by atoms with Gasteiger partial charge in [-0.2, -0.15) is 0 Å². The number of likely N-dealkylation sites (tertiary alicyclic amines) is 1. The summed E-state index contributed by atoms with van der Waals surface area (Å²) >= 11 is 5.92. The maximum absolute atomic E-state index is 13.6. The van der Waals surface area contributed by atoms with Gasteiger partial charge < -0.3 is 15.4 Å². The van der Waals surface area contributed by atoms with Gasteiger partial charge >= 0.3 is 5.97 Å². The SMILES string of the molecule is O=C(CN1CCCC(Nc2ncc3ncnc(Nc4ccc(F)c(Cl)c4)c3n2)C1)Oc1ccc2c(c1)CCC2. The molecule has 2 N–H and O–H groups in total. The van der Waals surface area contributed by atoms with Crippen molar-refractivity contribution in [2.75, 3.05) is 30.3 Å². The minimum atomic E-state index is -0.499. The second kappa shape index (κ2) is 11.1. The molecule has 200 valence electrons. The van der Waals surface area contributed by atoms with Crippen LogP contribution in [0.2, 0.25) is 5.02 Å². The third-order valence-electron chi connectivity index (χ3n) is 7.05. The van der Waals surface area contributed by atoms with Gasteiger partial charge in [-0.3, -0.25) is 9.69 Å². The highest BCUT2D eigenvalue weighted by atomic mass is 35.5. The minimum absolute atomic E-state index is 0.00773. The van der Waals surface area contributed by atoms with Crippen LogP contribution in [0.3, 0.4) is 0 Å². The third kappa shape index (κ3) is 5.91. The normalized spacial score (nSPS) is 17.1. The maximum Gasteiger partial charge on any atom is 0.325 e. The number of ether oxygens (including phenoxy) is 1. The standard InChI is InChI=1S/C28H27ClFN7O2/c29-22-12-19(7-9-23(22)30)34-27-26-24(32-16-33-27)13-31-28(36-26)35-20-5-2-10-37(14-20)15-25(38)39-21-8-6-17-3-1-4-18(17)11-21/h6-9,11-13,16,20H,1-5,10,14-15H2,(H,31,35,36)(H,32,33,34). The number of carbonyl (C=O) groups excluding carboxylic acids is 1. The summed E-state index contributed by atoms with van der Waals surface area (Å²) in [5, 5.41) is 6.53. The van der Waals surface area contributed by atoms with Crippen LogP contribution >= 0.6 is 11.6 Å². The first kappa shape index (κ1) is 25.4. The molecule has 0 bridgehead atoms. The molecule has 1 unspecified atom stereocenters. The second-order valence-corrected chi connectivity index (χ2v) is 10.3. The molecule has 1 aliphatic carbocycles. The number of anilines is 3. The molecule has 3 heterocycles. The summed E-state index contributed by atoms with van der Waals surface area (Å²) in [7, 11) is 0. The molecule has 9 nitrogen and oxygen atoms in total. The number of rotatable bonds is 7. The number of fused-ring (bicyclic) bond motifs is 2. The number of benzene rings is 2. The van der Waals surface area contributed by atoms with Gasteiger partial charge in [-0.25, -0.2) is 24.3 Å². The van der Waals surface area contributed by atoms with Gasteiger partial charge in [0.05, 0.1) is 17.8 Å². The van der Waals surface area contributed by atoms with Gasteiger partial charge in [0.1, 0.15) is 28.9 Å². The van der Waals surface area contributed by atoms with Crippen LogP contribution in [0.5, 0.6) is 5.75 Å². The molecule has 0 radical (unpaired) electrons. The number of piperidine rings is 1. The number of aromatic nitrogens is 4. The van der Waals surface area contributed by atoms with E-state index in [4.69, 9.17) is 16.3 Å². The van der Waals surface area contributed by atoms with Gasteiger partial charge in [0.25, 0.3) is 0 Å². The van der Waals surface area contributed by atoms with Gasteiger partial charge in [0, 0.05) is 18.3 Å². The lowest BCUT2D eigenvalue weighted by atomic mass is 10.1. The van der Waals surface area contributed by atoms with Gasteiger partial charge in [0.2, 0.25) is 5.95 Å². The second-order valence-electron chi connectivity index (χ2n) is 9.88. The van der Waals surface area contributed by atoms with Gasteiger partial charge in [0.15, 0.2) is 5.82 Å². The summed E-state index contributed by atoms with van der Waals surface area (Å²) in [6, 6.07) is 10.3. The highest BCUT2D eigenvalue weighted by Crippen LogP contribution is 2.27. The molecule has 11 heteroatoms. The number of nitrogens with zero attached hydrogens (tertiary/aromatic N) is 5. The van der Waals surface area contributed by atoms with Gasteiger partial charge in [-0.1, -0.05) is 17.7 Å². The van der Waals surface area contributed by atoms with E-state index in [9.17, 15) is 9.18 Å². The average molecular weight is 548 g/mol. The molecule has 0 saturated carbocycles. The van der Waals surface area contributed by atoms with Crippen LogP contribution in [-0.2, 0) is 17.6 Å². The number of esters is 1. The van der Waals surface area contributed by atoms with E-state index >= 15 is 0 Å². The van der Waals surface area contributed by atoms with Crippen molar-refractivity contribution >= 4 is 46.1 Å². The Morgan fingerprint density at radius 3 is 2.90 bits per heavy atom. The summed E-state index contributed by atoms with van der Waals surface area (Å²) in [5.41, 5.74) is 4.28. The van der Waals surface area contributed by atoms with E-state index in [-0.39, 0.29) is 23.6 Å². The highest BCUT2D eigenvalue weighted by molar-refractivity contribution is 6.31. The van der Waals surface area contributed by atoms with Crippen molar-refractivity contribution in [2.45, 2.75) is 38.1 Å². The van der Waals surface area contributed by atoms with Crippen LogP contribution < -0.4 is 15.4 Å². The fourth-order valence-corrected chi connectivity index (χ4v) is 5.36. The number of hydrogen-bond acceptors (Lipinski definition) is 9. The molecule has 0 spiro atoms. The molecule has 1 fully saturated rings. The molecule has 4 aromatic rings. The van der Waals surface area contributed by atoms with Crippen LogP contribution in [0.1, 0.15) is 30.4 Å². The van der Waals surface area contributed by atoms with Gasteiger partial charge in [-0.05, 0) is 80.1 Å². The van der Waals surface area contributed by atoms with E-state index in [1.165, 1.54) is 29.6 Å². The highest BCUT2D eigenvalue weighted by Gasteiger charge is 2.23. The van der Waals surface area contributed by atoms with Crippen molar-refractivity contribution in [1.29, 1.82) is 0 Å². The molecule has 2 aliphatic rings. The topological polar surface area (TPSA) is 105 Å². The van der Waals surface area contributed by atoms with Crippen molar-refractivity contribution in [2.24, 2.45) is 0 Å². The molecular formula is C28H27ClFN7O2. The Bertz CT molecular complexity index is 1540. The lowest BCUT2D eigenvalue weighted by Gasteiger charge is -2.32.